The van der Waals surface area contributed by atoms with Crippen LogP contribution < -0.4 is 0 Å². The maximum atomic E-state index is 11.9. The van der Waals surface area contributed by atoms with Crippen LogP contribution in [0.2, 0.25) is 0 Å². The van der Waals surface area contributed by atoms with Gasteiger partial charge in [-0.2, -0.15) is 0 Å². The van der Waals surface area contributed by atoms with E-state index in [1.54, 1.807) is 0 Å². The first-order chi connectivity index (χ1) is 36.2. The van der Waals surface area contributed by atoms with Crippen LogP contribution in [0.25, 0.3) is 0 Å². The molecule has 0 amide bonds. The van der Waals surface area contributed by atoms with Gasteiger partial charge in [-0.05, 0) is 12.8 Å². The standard InChI is InChI=1S/C56H110O17/c1-3-5-7-9-11-13-15-17-19-21-23-25-55(57)72-53-51-70-49-47-68-45-43-66-41-39-64-37-35-62-33-31-60-29-27-59-28-30-61-32-34-63-36-38-65-40-42-67-44-46-69-48-50-71-52-54-73-56(58)26-24-22-20-18-16-14-12-10-8-6-4-2/h3-54H2,1-2H3. The third-order valence-electron chi connectivity index (χ3n) is 11.4. The number of carbonyl (C=O) groups excluding carboxylic acids is 2. The molecule has 0 saturated heterocycles. The first-order valence-corrected chi connectivity index (χ1v) is 29.0. The maximum absolute atomic E-state index is 11.9. The van der Waals surface area contributed by atoms with Gasteiger partial charge in [0, 0.05) is 12.8 Å². The molecule has 0 saturated carbocycles. The lowest BCUT2D eigenvalue weighted by Crippen LogP contribution is -2.16. The Morgan fingerprint density at radius 2 is 0.329 bits per heavy atom. The Kier molecular flexibility index (Phi) is 65.1. The van der Waals surface area contributed by atoms with Crippen LogP contribution in [-0.2, 0) is 80.6 Å². The molecular weight excluding hydrogens is 945 g/mol. The molecule has 0 rings (SSSR count). The molecule has 0 bridgehead atoms. The SMILES string of the molecule is CCCCCCCCCCCCCC(=O)OCCOCCOCCOCCOCCOCCOCCOCCOCCOCCOCCOCCOCCOCCOC(=O)CCCCCCCCCCCCC. The molecule has 0 aliphatic rings. The van der Waals surface area contributed by atoms with Gasteiger partial charge in [0.1, 0.15) is 13.2 Å². The molecule has 17 heteroatoms. The van der Waals surface area contributed by atoms with E-state index in [0.717, 1.165) is 25.7 Å². The lowest BCUT2D eigenvalue weighted by atomic mass is 10.1. The van der Waals surface area contributed by atoms with Gasteiger partial charge in [-0.1, -0.05) is 142 Å². The molecular formula is C56H110O17. The summed E-state index contributed by atoms with van der Waals surface area (Å²) in [6.07, 6.45) is 28.8. The van der Waals surface area contributed by atoms with Crippen molar-refractivity contribution >= 4 is 11.9 Å². The van der Waals surface area contributed by atoms with E-state index >= 15 is 0 Å². The summed E-state index contributed by atoms with van der Waals surface area (Å²) in [7, 11) is 0. The van der Waals surface area contributed by atoms with Crippen molar-refractivity contribution < 1.29 is 80.6 Å². The summed E-state index contributed by atoms with van der Waals surface area (Å²) < 4.78 is 82.2. The van der Waals surface area contributed by atoms with E-state index < -0.39 is 0 Å². The monoisotopic (exact) mass is 1050 g/mol. The number of rotatable bonds is 66. The molecule has 0 radical (unpaired) electrons. The summed E-state index contributed by atoms with van der Waals surface area (Å²) in [4.78, 5) is 23.8. The van der Waals surface area contributed by atoms with E-state index in [1.165, 1.54) is 116 Å². The maximum Gasteiger partial charge on any atom is 0.305 e. The van der Waals surface area contributed by atoms with E-state index in [9.17, 15) is 9.59 Å². The predicted molar refractivity (Wildman–Crippen MR) is 285 cm³/mol. The lowest BCUT2D eigenvalue weighted by molar-refractivity contribution is -0.146. The molecule has 0 heterocycles. The third-order valence-corrected chi connectivity index (χ3v) is 11.4. The molecule has 0 aromatic rings. The van der Waals surface area contributed by atoms with E-state index in [0.29, 0.717) is 185 Å². The quantitative estimate of drug-likeness (QED) is 0.0416. The van der Waals surface area contributed by atoms with E-state index in [4.69, 9.17) is 71.1 Å². The minimum Gasteiger partial charge on any atom is -0.463 e. The number of hydrogen-bond donors (Lipinski definition) is 0. The molecule has 0 N–H and O–H groups in total. The fourth-order valence-corrected chi connectivity index (χ4v) is 7.18. The minimum absolute atomic E-state index is 0.138. The van der Waals surface area contributed by atoms with Gasteiger partial charge in [-0.15, -0.1) is 0 Å². The van der Waals surface area contributed by atoms with Crippen LogP contribution in [0.15, 0.2) is 0 Å². The zero-order valence-electron chi connectivity index (χ0n) is 46.7. The van der Waals surface area contributed by atoms with Crippen molar-refractivity contribution in [2.45, 2.75) is 168 Å². The molecule has 17 nitrogen and oxygen atoms in total. The molecule has 0 unspecified atom stereocenters. The summed E-state index contributed by atoms with van der Waals surface area (Å²) in [6, 6.07) is 0. The van der Waals surface area contributed by atoms with Crippen LogP contribution in [0.3, 0.4) is 0 Å². The van der Waals surface area contributed by atoms with Gasteiger partial charge >= 0.3 is 11.9 Å². The van der Waals surface area contributed by atoms with Crippen LogP contribution in [0.5, 0.6) is 0 Å². The summed E-state index contributed by atoms with van der Waals surface area (Å²) in [6.45, 7) is 17.4. The van der Waals surface area contributed by atoms with Gasteiger partial charge in [-0.3, -0.25) is 9.59 Å². The number of unbranched alkanes of at least 4 members (excludes halogenated alkanes) is 20. The summed E-state index contributed by atoms with van der Waals surface area (Å²) >= 11 is 0. The first-order valence-electron chi connectivity index (χ1n) is 29.0. The number of hydrogen-bond acceptors (Lipinski definition) is 17. The Balaban J connectivity index is 3.14. The van der Waals surface area contributed by atoms with Gasteiger partial charge in [0.2, 0.25) is 0 Å². The topological polar surface area (TPSA) is 173 Å². The van der Waals surface area contributed by atoms with Crippen molar-refractivity contribution in [1.82, 2.24) is 0 Å². The third kappa shape index (κ3) is 66.5. The molecule has 436 valence electrons. The molecule has 0 fully saturated rings. The average Bonchev–Trinajstić information content (AvgIpc) is 3.39. The van der Waals surface area contributed by atoms with Crippen molar-refractivity contribution in [1.29, 1.82) is 0 Å². The highest BCUT2D eigenvalue weighted by molar-refractivity contribution is 5.69. The average molecular weight is 1060 g/mol. The van der Waals surface area contributed by atoms with Gasteiger partial charge in [0.25, 0.3) is 0 Å². The van der Waals surface area contributed by atoms with Gasteiger partial charge < -0.3 is 71.1 Å². The number of carbonyl (C=O) groups is 2. The van der Waals surface area contributed by atoms with Gasteiger partial charge in [0.15, 0.2) is 0 Å². The van der Waals surface area contributed by atoms with E-state index in [-0.39, 0.29) is 25.2 Å². The Bertz CT molecular complexity index is 967. The fourth-order valence-electron chi connectivity index (χ4n) is 7.18. The largest absolute Gasteiger partial charge is 0.463 e. The van der Waals surface area contributed by atoms with Crippen molar-refractivity contribution in [2.75, 3.05) is 185 Å². The number of esters is 2. The van der Waals surface area contributed by atoms with Crippen molar-refractivity contribution in [2.24, 2.45) is 0 Å². The summed E-state index contributed by atoms with van der Waals surface area (Å²) in [5.74, 6) is -0.275. The molecule has 0 aliphatic carbocycles. The highest BCUT2D eigenvalue weighted by Gasteiger charge is 2.05. The second-order valence-corrected chi connectivity index (χ2v) is 18.0. The Morgan fingerprint density at radius 3 is 0.493 bits per heavy atom. The first kappa shape index (κ1) is 71.4. The highest BCUT2D eigenvalue weighted by Crippen LogP contribution is 2.13. The molecule has 0 aromatic carbocycles. The van der Waals surface area contributed by atoms with E-state index in [1.807, 2.05) is 0 Å². The minimum atomic E-state index is -0.138. The normalized spacial score (nSPS) is 11.5. The zero-order valence-corrected chi connectivity index (χ0v) is 46.7. The molecule has 0 aliphatic heterocycles. The Labute approximate surface area is 444 Å². The van der Waals surface area contributed by atoms with Gasteiger partial charge in [0.05, 0.1) is 172 Å². The van der Waals surface area contributed by atoms with Crippen LogP contribution in [-0.4, -0.2) is 197 Å². The highest BCUT2D eigenvalue weighted by atomic mass is 16.6. The molecule has 0 spiro atoms. The Hall–Kier alpha value is -1.58. The lowest BCUT2D eigenvalue weighted by Gasteiger charge is -2.09. The summed E-state index contributed by atoms with van der Waals surface area (Å²) in [5.41, 5.74) is 0. The molecule has 0 aromatic heterocycles. The molecule has 73 heavy (non-hydrogen) atoms. The van der Waals surface area contributed by atoms with Crippen LogP contribution in [0.4, 0.5) is 0 Å². The smallest absolute Gasteiger partial charge is 0.305 e. The zero-order chi connectivity index (χ0) is 52.5. The Morgan fingerprint density at radius 1 is 0.192 bits per heavy atom. The van der Waals surface area contributed by atoms with Crippen molar-refractivity contribution in [3.63, 3.8) is 0 Å². The molecule has 0 atom stereocenters. The summed E-state index contributed by atoms with van der Waals surface area (Å²) in [5, 5.41) is 0. The van der Waals surface area contributed by atoms with E-state index in [2.05, 4.69) is 13.8 Å². The fraction of sp³-hybridized carbons (Fsp3) is 0.964. The predicted octanol–water partition coefficient (Wildman–Crippen LogP) is 9.69. The van der Waals surface area contributed by atoms with Crippen molar-refractivity contribution in [3.8, 4) is 0 Å². The number of ether oxygens (including phenoxy) is 15. The van der Waals surface area contributed by atoms with Crippen LogP contribution in [0, 0.1) is 0 Å². The second-order valence-electron chi connectivity index (χ2n) is 18.0. The van der Waals surface area contributed by atoms with Crippen molar-refractivity contribution in [3.05, 3.63) is 0 Å². The second kappa shape index (κ2) is 66.5. The van der Waals surface area contributed by atoms with Crippen LogP contribution in [0.1, 0.15) is 168 Å². The van der Waals surface area contributed by atoms with Crippen LogP contribution >= 0.6 is 0 Å². The van der Waals surface area contributed by atoms with Gasteiger partial charge in [-0.25, -0.2) is 0 Å².